The van der Waals surface area contributed by atoms with E-state index in [9.17, 15) is 0 Å². The predicted octanol–water partition coefficient (Wildman–Crippen LogP) is 11.3. The van der Waals surface area contributed by atoms with Crippen LogP contribution in [0.5, 0.6) is 0 Å². The third-order valence-corrected chi connectivity index (χ3v) is 9.94. The van der Waals surface area contributed by atoms with Gasteiger partial charge in [-0.1, -0.05) is 187 Å². The van der Waals surface area contributed by atoms with Crippen LogP contribution in [0.1, 0.15) is 0 Å². The SMILES string of the molecule is Brc1ccc(-c2cccc3ccccc23)c2ccccc12.Brc1ccc(Br)c2ccccc12.OB(O)c1cccc2ccccc12. The molecule has 8 aromatic rings. The van der Waals surface area contributed by atoms with Gasteiger partial charge in [0.25, 0.3) is 0 Å². The Morgan fingerprint density at radius 2 is 0.696 bits per heavy atom. The van der Waals surface area contributed by atoms with Crippen molar-refractivity contribution in [1.29, 1.82) is 0 Å². The maximum atomic E-state index is 9.08. The summed E-state index contributed by atoms with van der Waals surface area (Å²) in [6.07, 6.45) is 0. The lowest BCUT2D eigenvalue weighted by atomic mass is 9.77. The second-order valence-corrected chi connectivity index (χ2v) is 13.2. The van der Waals surface area contributed by atoms with Crippen molar-refractivity contribution in [2.75, 3.05) is 0 Å². The van der Waals surface area contributed by atoms with Gasteiger partial charge in [0.1, 0.15) is 0 Å². The number of benzene rings is 8. The monoisotopic (exact) mass is 788 g/mol. The molecule has 0 fully saturated rings. The second kappa shape index (κ2) is 14.8. The van der Waals surface area contributed by atoms with Gasteiger partial charge >= 0.3 is 7.12 Å². The molecule has 0 aliphatic heterocycles. The molecule has 46 heavy (non-hydrogen) atoms. The highest BCUT2D eigenvalue weighted by Gasteiger charge is 2.13. The molecule has 0 amide bonds. The van der Waals surface area contributed by atoms with Gasteiger partial charge in [-0.15, -0.1) is 0 Å². The first-order valence-electron chi connectivity index (χ1n) is 14.7. The summed E-state index contributed by atoms with van der Waals surface area (Å²) in [5, 5.41) is 27.7. The van der Waals surface area contributed by atoms with E-state index >= 15 is 0 Å². The van der Waals surface area contributed by atoms with Crippen LogP contribution in [0.4, 0.5) is 0 Å². The minimum atomic E-state index is -1.40. The standard InChI is InChI=1S/C20H13Br.C10H9BO2.C10H6Br2/c21-20-13-12-18(17-9-3-4-10-19(17)20)16-11-5-7-14-6-1-2-8-15(14)16;12-11(13)10-7-3-5-8-4-1-2-6-9(8)10;11-9-5-6-10(12)8-4-2-1-3-7(8)9/h1-13H;1-7,12-13H;1-6H. The molecule has 0 atom stereocenters. The lowest BCUT2D eigenvalue weighted by Gasteiger charge is -2.11. The zero-order valence-electron chi connectivity index (χ0n) is 24.6. The van der Waals surface area contributed by atoms with Crippen LogP contribution < -0.4 is 5.46 Å². The van der Waals surface area contributed by atoms with Crippen molar-refractivity contribution in [3.05, 3.63) is 171 Å². The van der Waals surface area contributed by atoms with E-state index in [1.54, 1.807) is 6.07 Å². The summed E-state index contributed by atoms with van der Waals surface area (Å²) in [7, 11) is -1.40. The second-order valence-electron chi connectivity index (χ2n) is 10.7. The van der Waals surface area contributed by atoms with Crippen LogP contribution in [0.3, 0.4) is 0 Å². The number of hydrogen-bond donors (Lipinski definition) is 2. The minimum absolute atomic E-state index is 0.554. The fourth-order valence-corrected chi connectivity index (χ4v) is 7.09. The molecule has 0 heterocycles. The lowest BCUT2D eigenvalue weighted by Crippen LogP contribution is -2.30. The summed E-state index contributed by atoms with van der Waals surface area (Å²) in [5.41, 5.74) is 3.13. The van der Waals surface area contributed by atoms with Gasteiger partial charge in [-0.2, -0.15) is 0 Å². The van der Waals surface area contributed by atoms with Crippen LogP contribution >= 0.6 is 47.8 Å². The zero-order chi connectivity index (χ0) is 32.0. The van der Waals surface area contributed by atoms with Gasteiger partial charge < -0.3 is 10.0 Å². The Bertz CT molecular complexity index is 2250. The molecule has 2 N–H and O–H groups in total. The number of hydrogen-bond acceptors (Lipinski definition) is 2. The Morgan fingerprint density at radius 1 is 0.326 bits per heavy atom. The molecule has 0 spiro atoms. The molecular formula is C40H28BBr3O2. The van der Waals surface area contributed by atoms with E-state index in [0.29, 0.717) is 5.46 Å². The molecule has 8 rings (SSSR count). The van der Waals surface area contributed by atoms with E-state index < -0.39 is 7.12 Å². The van der Waals surface area contributed by atoms with Crippen LogP contribution in [0.15, 0.2) is 171 Å². The maximum Gasteiger partial charge on any atom is 0.489 e. The summed E-state index contributed by atoms with van der Waals surface area (Å²) in [6, 6.07) is 53.4. The van der Waals surface area contributed by atoms with E-state index in [4.69, 9.17) is 10.0 Å². The van der Waals surface area contributed by atoms with Crippen LogP contribution in [0.25, 0.3) is 54.2 Å². The van der Waals surface area contributed by atoms with Gasteiger partial charge in [0, 0.05) is 13.4 Å². The molecule has 0 aliphatic rings. The molecule has 0 saturated heterocycles. The highest BCUT2D eigenvalue weighted by molar-refractivity contribution is 9.11. The minimum Gasteiger partial charge on any atom is -0.423 e. The third-order valence-electron chi connectivity index (χ3n) is 7.87. The van der Waals surface area contributed by atoms with Crippen molar-refractivity contribution in [3.63, 3.8) is 0 Å². The molecule has 224 valence electrons. The van der Waals surface area contributed by atoms with Crippen molar-refractivity contribution in [1.82, 2.24) is 0 Å². The molecular weight excluding hydrogens is 763 g/mol. The Labute approximate surface area is 293 Å². The Balaban J connectivity index is 0.000000129. The molecule has 0 saturated carbocycles. The Kier molecular flexibility index (Phi) is 10.3. The van der Waals surface area contributed by atoms with E-state index in [-0.39, 0.29) is 0 Å². The fraction of sp³-hybridized carbons (Fsp3) is 0. The largest absolute Gasteiger partial charge is 0.489 e. The molecule has 0 aromatic heterocycles. The Morgan fingerprint density at radius 3 is 1.26 bits per heavy atom. The smallest absolute Gasteiger partial charge is 0.423 e. The fourth-order valence-electron chi connectivity index (χ4n) is 5.66. The van der Waals surface area contributed by atoms with Crippen LogP contribution in [-0.2, 0) is 0 Å². The van der Waals surface area contributed by atoms with Crippen molar-refractivity contribution >= 4 is 103 Å². The lowest BCUT2D eigenvalue weighted by molar-refractivity contribution is 0.426. The first-order chi connectivity index (χ1) is 22.4. The highest BCUT2D eigenvalue weighted by atomic mass is 79.9. The summed E-state index contributed by atoms with van der Waals surface area (Å²) in [4.78, 5) is 0. The molecule has 0 unspecified atom stereocenters. The van der Waals surface area contributed by atoms with Crippen LogP contribution in [-0.4, -0.2) is 17.2 Å². The van der Waals surface area contributed by atoms with Crippen molar-refractivity contribution in [3.8, 4) is 11.1 Å². The average molecular weight is 791 g/mol. The molecule has 0 aliphatic carbocycles. The predicted molar refractivity (Wildman–Crippen MR) is 208 cm³/mol. The van der Waals surface area contributed by atoms with E-state index in [1.807, 2.05) is 60.7 Å². The number of halogens is 3. The van der Waals surface area contributed by atoms with Crippen molar-refractivity contribution in [2.45, 2.75) is 0 Å². The number of rotatable bonds is 2. The van der Waals surface area contributed by atoms with Gasteiger partial charge in [-0.3, -0.25) is 0 Å². The molecule has 0 bridgehead atoms. The van der Waals surface area contributed by atoms with Gasteiger partial charge in [0.15, 0.2) is 0 Å². The summed E-state index contributed by atoms with van der Waals surface area (Å²) in [5.74, 6) is 0. The number of fused-ring (bicyclic) bond motifs is 4. The van der Waals surface area contributed by atoms with Gasteiger partial charge in [-0.25, -0.2) is 0 Å². The topological polar surface area (TPSA) is 40.5 Å². The first kappa shape index (κ1) is 32.2. The third kappa shape index (κ3) is 6.97. The quantitative estimate of drug-likeness (QED) is 0.171. The first-order valence-corrected chi connectivity index (χ1v) is 17.1. The van der Waals surface area contributed by atoms with Gasteiger partial charge in [0.05, 0.1) is 0 Å². The van der Waals surface area contributed by atoms with Gasteiger partial charge in [-0.05, 0) is 77.9 Å². The molecule has 6 heteroatoms. The summed E-state index contributed by atoms with van der Waals surface area (Å²) in [6.45, 7) is 0. The van der Waals surface area contributed by atoms with Crippen molar-refractivity contribution < 1.29 is 10.0 Å². The van der Waals surface area contributed by atoms with Gasteiger partial charge in [0.2, 0.25) is 0 Å². The van der Waals surface area contributed by atoms with Crippen LogP contribution in [0.2, 0.25) is 0 Å². The van der Waals surface area contributed by atoms with E-state index in [1.165, 1.54) is 43.4 Å². The molecule has 8 aromatic carbocycles. The van der Waals surface area contributed by atoms with E-state index in [2.05, 4.69) is 139 Å². The maximum absolute atomic E-state index is 9.08. The molecule has 0 radical (unpaired) electrons. The zero-order valence-corrected chi connectivity index (χ0v) is 29.4. The normalized spacial score (nSPS) is 10.7. The molecule has 2 nitrogen and oxygen atoms in total. The van der Waals surface area contributed by atoms with Crippen molar-refractivity contribution in [2.24, 2.45) is 0 Å². The highest BCUT2D eigenvalue weighted by Crippen LogP contribution is 2.36. The van der Waals surface area contributed by atoms with Crippen LogP contribution in [0, 0.1) is 0 Å². The average Bonchev–Trinajstić information content (AvgIpc) is 3.10. The Hall–Kier alpha value is -3.78. The summed E-state index contributed by atoms with van der Waals surface area (Å²) < 4.78 is 3.42. The van der Waals surface area contributed by atoms with E-state index in [0.717, 1.165) is 24.2 Å². The summed E-state index contributed by atoms with van der Waals surface area (Å²) >= 11 is 10.7.